The molecule has 0 atom stereocenters. The number of hydrogen-bond donors (Lipinski definition) is 5. The molecular weight excluding hydrogens is 176 g/mol. The molecule has 0 amide bonds. The molecule has 5 heteroatoms. The van der Waals surface area contributed by atoms with Gasteiger partial charge in [-0.1, -0.05) is 13.8 Å². The van der Waals surface area contributed by atoms with Crippen molar-refractivity contribution in [2.75, 3.05) is 0 Å². The smallest absolute Gasteiger partial charge is 0.208 e. The fraction of sp³-hybridized carbons (Fsp3) is 0.250. The lowest BCUT2D eigenvalue weighted by Crippen LogP contribution is -1.74. The van der Waals surface area contributed by atoms with Gasteiger partial charge < -0.3 is 25.5 Å². The second kappa shape index (κ2) is 4.30. The van der Waals surface area contributed by atoms with Gasteiger partial charge in [0.25, 0.3) is 0 Å². The molecular formula is C8H12O5. The molecule has 0 bridgehead atoms. The molecule has 0 unspecified atom stereocenters. The molecule has 0 heterocycles. The molecule has 74 valence electrons. The van der Waals surface area contributed by atoms with Crippen LogP contribution < -0.4 is 0 Å². The van der Waals surface area contributed by atoms with Crippen molar-refractivity contribution < 1.29 is 25.5 Å². The maximum atomic E-state index is 8.75. The minimum Gasteiger partial charge on any atom is -0.504 e. The number of phenolic OH excluding ortho intramolecular Hbond substituents is 5. The summed E-state index contributed by atoms with van der Waals surface area (Å²) in [5.74, 6) is -4.06. The van der Waals surface area contributed by atoms with Gasteiger partial charge in [-0.3, -0.25) is 0 Å². The largest absolute Gasteiger partial charge is 0.504 e. The lowest BCUT2D eigenvalue weighted by atomic mass is 10.2. The molecule has 0 aliphatic carbocycles. The monoisotopic (exact) mass is 188 g/mol. The Balaban J connectivity index is 0.000000671. The van der Waals surface area contributed by atoms with Crippen LogP contribution in [0, 0.1) is 0 Å². The van der Waals surface area contributed by atoms with E-state index in [1.54, 1.807) is 0 Å². The Morgan fingerprint density at radius 3 is 1.31 bits per heavy atom. The Labute approximate surface area is 75.1 Å². The highest BCUT2D eigenvalue weighted by atomic mass is 16.4. The van der Waals surface area contributed by atoms with E-state index in [-0.39, 0.29) is 0 Å². The van der Waals surface area contributed by atoms with Crippen LogP contribution in [0.1, 0.15) is 13.8 Å². The van der Waals surface area contributed by atoms with Crippen LogP contribution in [0.2, 0.25) is 0 Å². The predicted octanol–water partition coefficient (Wildman–Crippen LogP) is 1.24. The first-order valence-corrected chi connectivity index (χ1v) is 3.70. The summed E-state index contributed by atoms with van der Waals surface area (Å²) >= 11 is 0. The van der Waals surface area contributed by atoms with E-state index in [0.717, 1.165) is 0 Å². The highest BCUT2D eigenvalue weighted by Gasteiger charge is 2.14. The van der Waals surface area contributed by atoms with Gasteiger partial charge in [-0.15, -0.1) is 0 Å². The van der Waals surface area contributed by atoms with Gasteiger partial charge in [0.05, 0.1) is 0 Å². The van der Waals surface area contributed by atoms with E-state index in [1.165, 1.54) is 0 Å². The first-order chi connectivity index (χ1) is 6.04. The Kier molecular flexibility index (Phi) is 3.71. The maximum absolute atomic E-state index is 8.75. The Hall–Kier alpha value is -1.78. The molecule has 5 nitrogen and oxygen atoms in total. The molecule has 1 aromatic carbocycles. The summed E-state index contributed by atoms with van der Waals surface area (Å²) in [5, 5.41) is 43.7. The van der Waals surface area contributed by atoms with Crippen LogP contribution in [0.4, 0.5) is 0 Å². The van der Waals surface area contributed by atoms with E-state index < -0.39 is 28.7 Å². The molecule has 0 aliphatic rings. The molecule has 5 N–H and O–H groups in total. The molecule has 0 aliphatic heterocycles. The van der Waals surface area contributed by atoms with Crippen molar-refractivity contribution in [1.29, 1.82) is 0 Å². The quantitative estimate of drug-likeness (QED) is 0.311. The van der Waals surface area contributed by atoms with E-state index in [1.807, 2.05) is 13.8 Å². The molecule has 0 aromatic heterocycles. The molecule has 1 rings (SSSR count). The van der Waals surface area contributed by atoms with Crippen molar-refractivity contribution in [1.82, 2.24) is 0 Å². The summed E-state index contributed by atoms with van der Waals surface area (Å²) < 4.78 is 0. The van der Waals surface area contributed by atoms with E-state index >= 15 is 0 Å². The van der Waals surface area contributed by atoms with Crippen LogP contribution in [0.25, 0.3) is 0 Å². The third-order valence-electron chi connectivity index (χ3n) is 1.21. The molecule has 0 fully saturated rings. The second-order valence-corrected chi connectivity index (χ2v) is 1.96. The Morgan fingerprint density at radius 1 is 0.692 bits per heavy atom. The normalized spacial score (nSPS) is 8.77. The minimum atomic E-state index is -0.942. The van der Waals surface area contributed by atoms with Gasteiger partial charge in [-0.05, 0) is 0 Å². The van der Waals surface area contributed by atoms with E-state index in [2.05, 4.69) is 0 Å². The Morgan fingerprint density at radius 2 is 1.00 bits per heavy atom. The van der Waals surface area contributed by atoms with Gasteiger partial charge in [0.15, 0.2) is 11.5 Å². The fourth-order valence-electron chi connectivity index (χ4n) is 0.621. The molecule has 0 saturated carbocycles. The zero-order valence-corrected chi connectivity index (χ0v) is 7.31. The third kappa shape index (κ3) is 2.08. The number of rotatable bonds is 0. The lowest BCUT2D eigenvalue weighted by molar-refractivity contribution is 0.328. The molecule has 1 aromatic rings. The Bertz CT molecular complexity index is 269. The highest BCUT2D eigenvalue weighted by Crippen LogP contribution is 2.46. The molecule has 13 heavy (non-hydrogen) atoms. The van der Waals surface area contributed by atoms with Crippen molar-refractivity contribution in [3.05, 3.63) is 6.07 Å². The van der Waals surface area contributed by atoms with Crippen LogP contribution in [0.15, 0.2) is 6.07 Å². The summed E-state index contributed by atoms with van der Waals surface area (Å²) in [6.07, 6.45) is 0. The number of benzene rings is 1. The SMILES string of the molecule is CC.Oc1cc(O)c(O)c(O)c1O. The van der Waals surface area contributed by atoms with Crippen molar-refractivity contribution in [3.63, 3.8) is 0 Å². The van der Waals surface area contributed by atoms with E-state index in [9.17, 15) is 0 Å². The molecule has 0 saturated heterocycles. The first kappa shape index (κ1) is 11.2. The summed E-state index contributed by atoms with van der Waals surface area (Å²) in [6, 6.07) is 0.713. The van der Waals surface area contributed by atoms with Gasteiger partial charge in [-0.2, -0.15) is 0 Å². The van der Waals surface area contributed by atoms with Crippen LogP contribution >= 0.6 is 0 Å². The highest BCUT2D eigenvalue weighted by molar-refractivity contribution is 5.62. The summed E-state index contributed by atoms with van der Waals surface area (Å²) in [7, 11) is 0. The van der Waals surface area contributed by atoms with Crippen molar-refractivity contribution in [2.24, 2.45) is 0 Å². The average molecular weight is 188 g/mol. The maximum Gasteiger partial charge on any atom is 0.208 e. The summed E-state index contributed by atoms with van der Waals surface area (Å²) in [6.45, 7) is 4.00. The van der Waals surface area contributed by atoms with Crippen LogP contribution in [-0.2, 0) is 0 Å². The van der Waals surface area contributed by atoms with Crippen molar-refractivity contribution in [2.45, 2.75) is 13.8 Å². The first-order valence-electron chi connectivity index (χ1n) is 3.70. The van der Waals surface area contributed by atoms with Gasteiger partial charge in [0.2, 0.25) is 17.2 Å². The molecule has 0 radical (unpaired) electrons. The van der Waals surface area contributed by atoms with Gasteiger partial charge in [0.1, 0.15) is 0 Å². The lowest BCUT2D eigenvalue weighted by Gasteiger charge is -2.03. The van der Waals surface area contributed by atoms with Crippen LogP contribution in [-0.4, -0.2) is 25.5 Å². The number of hydrogen-bond acceptors (Lipinski definition) is 5. The topological polar surface area (TPSA) is 101 Å². The fourth-order valence-corrected chi connectivity index (χ4v) is 0.621. The second-order valence-electron chi connectivity index (χ2n) is 1.96. The van der Waals surface area contributed by atoms with Crippen LogP contribution in [0.5, 0.6) is 28.7 Å². The third-order valence-corrected chi connectivity index (χ3v) is 1.21. The van der Waals surface area contributed by atoms with E-state index in [4.69, 9.17) is 25.5 Å². The minimum absolute atomic E-state index is 0.696. The van der Waals surface area contributed by atoms with Crippen molar-refractivity contribution >= 4 is 0 Å². The summed E-state index contributed by atoms with van der Waals surface area (Å²) in [5.41, 5.74) is 0. The number of phenols is 5. The van der Waals surface area contributed by atoms with Gasteiger partial charge in [-0.25, -0.2) is 0 Å². The van der Waals surface area contributed by atoms with Gasteiger partial charge >= 0.3 is 0 Å². The average Bonchev–Trinajstić information content (AvgIpc) is 2.15. The van der Waals surface area contributed by atoms with Crippen molar-refractivity contribution in [3.8, 4) is 28.7 Å². The number of aromatic hydroxyl groups is 5. The predicted molar refractivity (Wildman–Crippen MR) is 46.1 cm³/mol. The summed E-state index contributed by atoms with van der Waals surface area (Å²) in [4.78, 5) is 0. The zero-order valence-electron chi connectivity index (χ0n) is 7.31. The standard InChI is InChI=1S/C6H6O5.C2H6/c7-2-1-3(8)5(10)6(11)4(2)9;1-2/h1,7-11H;1-2H3. The van der Waals surface area contributed by atoms with Crippen LogP contribution in [0.3, 0.4) is 0 Å². The molecule has 0 spiro atoms. The van der Waals surface area contributed by atoms with Gasteiger partial charge in [0, 0.05) is 6.07 Å². The zero-order chi connectivity index (χ0) is 10.6. The van der Waals surface area contributed by atoms with E-state index in [0.29, 0.717) is 6.07 Å².